The van der Waals surface area contributed by atoms with Gasteiger partial charge in [0.2, 0.25) is 0 Å². The van der Waals surface area contributed by atoms with E-state index in [0.717, 1.165) is 11.1 Å². The quantitative estimate of drug-likeness (QED) is 0.0977. The van der Waals surface area contributed by atoms with E-state index in [-0.39, 0.29) is 17.1 Å². The van der Waals surface area contributed by atoms with E-state index in [1.807, 2.05) is 30.3 Å². The summed E-state index contributed by atoms with van der Waals surface area (Å²) in [6, 6.07) is 25.6. The summed E-state index contributed by atoms with van der Waals surface area (Å²) in [6.07, 6.45) is 0.370. The van der Waals surface area contributed by atoms with Crippen molar-refractivity contribution >= 4 is 46.6 Å². The summed E-state index contributed by atoms with van der Waals surface area (Å²) < 4.78 is 15.2. The third-order valence-corrected chi connectivity index (χ3v) is 7.72. The topological polar surface area (TPSA) is 103 Å². The predicted molar refractivity (Wildman–Crippen MR) is 161 cm³/mol. The highest BCUT2D eigenvalue weighted by molar-refractivity contribution is 7.98. The molecule has 212 valence electrons. The second kappa shape index (κ2) is 13.2. The van der Waals surface area contributed by atoms with Gasteiger partial charge in [-0.15, -0.1) is 10.2 Å². The number of nitro benzene ring substituents is 1. The first-order chi connectivity index (χ1) is 20.3. The highest BCUT2D eigenvalue weighted by atomic mass is 35.5. The fourth-order valence-electron chi connectivity index (χ4n) is 4.28. The molecule has 1 N–H and O–H groups in total. The number of benzene rings is 4. The zero-order chi connectivity index (χ0) is 29.6. The van der Waals surface area contributed by atoms with Crippen molar-refractivity contribution in [3.63, 3.8) is 0 Å². The van der Waals surface area contributed by atoms with Crippen LogP contribution in [0.2, 0.25) is 10.0 Å². The Balaban J connectivity index is 1.56. The summed E-state index contributed by atoms with van der Waals surface area (Å²) in [5.41, 5.74) is 2.58. The number of carbonyl (C=O) groups is 1. The van der Waals surface area contributed by atoms with Crippen LogP contribution >= 0.6 is 35.0 Å². The van der Waals surface area contributed by atoms with Crippen molar-refractivity contribution in [3.05, 3.63) is 146 Å². The van der Waals surface area contributed by atoms with Gasteiger partial charge in [0, 0.05) is 39.2 Å². The third kappa shape index (κ3) is 7.14. The summed E-state index contributed by atoms with van der Waals surface area (Å²) in [5.74, 6) is 0.123. The number of hydrogen-bond donors (Lipinski definition) is 1. The van der Waals surface area contributed by atoms with Gasteiger partial charge < -0.3 is 5.32 Å². The fraction of sp³-hybridized carbons (Fsp3) is 0.100. The molecule has 0 aliphatic rings. The van der Waals surface area contributed by atoms with E-state index in [0.29, 0.717) is 38.9 Å². The van der Waals surface area contributed by atoms with Crippen LogP contribution in [0.15, 0.2) is 102 Å². The van der Waals surface area contributed by atoms with E-state index >= 15 is 0 Å². The van der Waals surface area contributed by atoms with Gasteiger partial charge in [-0.1, -0.05) is 77.4 Å². The summed E-state index contributed by atoms with van der Waals surface area (Å²) in [7, 11) is 0. The maximum absolute atomic E-state index is 13.4. The Labute approximate surface area is 254 Å². The maximum atomic E-state index is 13.4. The molecule has 0 unspecified atom stereocenters. The van der Waals surface area contributed by atoms with Gasteiger partial charge in [-0.2, -0.15) is 0 Å². The van der Waals surface area contributed by atoms with Crippen LogP contribution in [0.3, 0.4) is 0 Å². The van der Waals surface area contributed by atoms with Crippen LogP contribution in [-0.2, 0) is 12.2 Å². The van der Waals surface area contributed by atoms with Crippen molar-refractivity contribution in [2.45, 2.75) is 23.4 Å². The number of amides is 1. The minimum atomic E-state index is -0.666. The van der Waals surface area contributed by atoms with Crippen molar-refractivity contribution in [3.8, 4) is 5.69 Å². The molecule has 0 saturated carbocycles. The lowest BCUT2D eigenvalue weighted by Gasteiger charge is -2.20. The normalized spacial score (nSPS) is 11.7. The molecule has 1 aromatic heterocycles. The van der Waals surface area contributed by atoms with Gasteiger partial charge in [0.1, 0.15) is 5.82 Å². The molecule has 1 amide bonds. The van der Waals surface area contributed by atoms with Gasteiger partial charge >= 0.3 is 0 Å². The first kappa shape index (κ1) is 29.2. The Morgan fingerprint density at radius 1 is 0.929 bits per heavy atom. The van der Waals surface area contributed by atoms with Gasteiger partial charge in [-0.25, -0.2) is 4.39 Å². The maximum Gasteiger partial charge on any atom is 0.269 e. The molecule has 4 aromatic carbocycles. The monoisotopic (exact) mass is 621 g/mol. The van der Waals surface area contributed by atoms with Crippen LogP contribution < -0.4 is 5.32 Å². The van der Waals surface area contributed by atoms with Crippen molar-refractivity contribution in [1.29, 1.82) is 0 Å². The van der Waals surface area contributed by atoms with E-state index in [2.05, 4.69) is 15.5 Å². The van der Waals surface area contributed by atoms with E-state index in [4.69, 9.17) is 23.2 Å². The van der Waals surface area contributed by atoms with Crippen LogP contribution in [0.4, 0.5) is 10.1 Å². The number of nitrogens with one attached hydrogen (secondary N) is 1. The molecule has 0 fully saturated rings. The first-order valence-corrected chi connectivity index (χ1v) is 14.4. The van der Waals surface area contributed by atoms with Crippen LogP contribution in [0.25, 0.3) is 5.69 Å². The molecule has 8 nitrogen and oxygen atoms in total. The SMILES string of the molecule is O=C(N[C@@H](Cc1ccccc1)c1nnc(SCc2ccc(F)cc2)n1-c1ccc([N+](=O)[O-])cc1)c1cc(Cl)cc(Cl)c1. The third-order valence-electron chi connectivity index (χ3n) is 6.28. The number of aromatic nitrogens is 3. The Kier molecular flexibility index (Phi) is 9.16. The van der Waals surface area contributed by atoms with Crippen molar-refractivity contribution < 1.29 is 14.1 Å². The van der Waals surface area contributed by atoms with Crippen LogP contribution in [0, 0.1) is 15.9 Å². The number of thioether (sulfide) groups is 1. The minimum absolute atomic E-state index is 0.0686. The Bertz CT molecular complexity index is 1700. The zero-order valence-electron chi connectivity index (χ0n) is 21.8. The van der Waals surface area contributed by atoms with Crippen LogP contribution in [0.1, 0.15) is 33.4 Å². The molecule has 5 aromatic rings. The summed E-state index contributed by atoms with van der Waals surface area (Å²) in [4.78, 5) is 24.3. The lowest BCUT2D eigenvalue weighted by molar-refractivity contribution is -0.384. The molecule has 12 heteroatoms. The second-order valence-corrected chi connectivity index (χ2v) is 11.1. The number of carbonyl (C=O) groups excluding carboxylic acids is 1. The molecule has 0 aliphatic heterocycles. The molecule has 0 aliphatic carbocycles. The average Bonchev–Trinajstić information content (AvgIpc) is 3.40. The number of nitrogens with zero attached hydrogens (tertiary/aromatic N) is 4. The highest BCUT2D eigenvalue weighted by Crippen LogP contribution is 2.30. The van der Waals surface area contributed by atoms with Gasteiger partial charge in [0.05, 0.1) is 11.0 Å². The minimum Gasteiger partial charge on any atom is -0.342 e. The highest BCUT2D eigenvalue weighted by Gasteiger charge is 2.26. The van der Waals surface area contributed by atoms with E-state index < -0.39 is 16.9 Å². The first-order valence-electron chi connectivity index (χ1n) is 12.6. The summed E-state index contributed by atoms with van der Waals surface area (Å²) >= 11 is 13.7. The second-order valence-electron chi connectivity index (χ2n) is 9.24. The molecule has 0 spiro atoms. The molecular formula is C30H22Cl2FN5O3S. The molecule has 42 heavy (non-hydrogen) atoms. The van der Waals surface area contributed by atoms with E-state index in [1.54, 1.807) is 28.8 Å². The zero-order valence-corrected chi connectivity index (χ0v) is 24.1. The Morgan fingerprint density at radius 3 is 2.24 bits per heavy atom. The van der Waals surface area contributed by atoms with Gasteiger partial charge in [-0.05, 0) is 60.0 Å². The summed E-state index contributed by atoms with van der Waals surface area (Å²) in [6.45, 7) is 0. The molecule has 1 heterocycles. The van der Waals surface area contributed by atoms with Crippen LogP contribution in [-0.4, -0.2) is 25.6 Å². The average molecular weight is 623 g/mol. The molecule has 5 rings (SSSR count). The Morgan fingerprint density at radius 2 is 1.60 bits per heavy atom. The molecule has 0 bridgehead atoms. The van der Waals surface area contributed by atoms with Crippen molar-refractivity contribution in [2.24, 2.45) is 0 Å². The lowest BCUT2D eigenvalue weighted by atomic mass is 10.0. The van der Waals surface area contributed by atoms with Gasteiger partial charge in [-0.3, -0.25) is 19.5 Å². The summed E-state index contributed by atoms with van der Waals surface area (Å²) in [5, 5.41) is 24.4. The largest absolute Gasteiger partial charge is 0.342 e. The van der Waals surface area contributed by atoms with Crippen molar-refractivity contribution in [2.75, 3.05) is 0 Å². The molecule has 0 radical (unpaired) electrons. The predicted octanol–water partition coefficient (Wildman–Crippen LogP) is 7.63. The number of halogens is 3. The molecule has 1 atom stereocenters. The van der Waals surface area contributed by atoms with Crippen LogP contribution in [0.5, 0.6) is 0 Å². The fourth-order valence-corrected chi connectivity index (χ4v) is 5.72. The lowest BCUT2D eigenvalue weighted by Crippen LogP contribution is -2.32. The standard InChI is InChI=1S/C30H22Cl2FN5O3S/c31-22-15-21(16-23(32)17-22)29(39)34-27(14-19-4-2-1-3-5-19)28-35-36-30(42-18-20-6-8-24(33)9-7-20)37(28)25-10-12-26(13-11-25)38(40)41/h1-13,15-17,27H,14,18H2,(H,34,39)/t27-/m0/s1. The number of hydrogen-bond acceptors (Lipinski definition) is 6. The van der Waals surface area contributed by atoms with Crippen molar-refractivity contribution in [1.82, 2.24) is 20.1 Å². The number of rotatable bonds is 10. The van der Waals surface area contributed by atoms with Gasteiger partial charge in [0.25, 0.3) is 11.6 Å². The number of non-ortho nitro benzene ring substituents is 1. The molecular weight excluding hydrogens is 600 g/mol. The number of nitro groups is 1. The van der Waals surface area contributed by atoms with E-state index in [9.17, 15) is 19.3 Å². The Hall–Kier alpha value is -4.25. The van der Waals surface area contributed by atoms with Gasteiger partial charge in [0.15, 0.2) is 11.0 Å². The molecule has 0 saturated heterocycles. The van der Waals surface area contributed by atoms with E-state index in [1.165, 1.54) is 54.2 Å². The smallest absolute Gasteiger partial charge is 0.269 e.